The summed E-state index contributed by atoms with van der Waals surface area (Å²) in [5, 5.41) is 9.51. The molecule has 1 rings (SSSR count). The largest absolute Gasteiger partial charge is 0.386 e. The molecule has 0 aliphatic heterocycles. The SMILES string of the molecule is CNc1cc(Cl)nc(NC)c1NC. The number of pyridine rings is 1. The van der Waals surface area contributed by atoms with Gasteiger partial charge in [-0.1, -0.05) is 11.6 Å². The van der Waals surface area contributed by atoms with E-state index in [2.05, 4.69) is 20.9 Å². The molecule has 0 spiro atoms. The van der Waals surface area contributed by atoms with E-state index in [1.807, 2.05) is 14.1 Å². The van der Waals surface area contributed by atoms with Gasteiger partial charge in [-0.2, -0.15) is 0 Å². The second-order valence-electron chi connectivity index (χ2n) is 2.47. The fraction of sp³-hybridized carbons (Fsp3) is 0.375. The second-order valence-corrected chi connectivity index (χ2v) is 2.85. The Labute approximate surface area is 82.7 Å². The van der Waals surface area contributed by atoms with Gasteiger partial charge < -0.3 is 16.0 Å². The van der Waals surface area contributed by atoms with Gasteiger partial charge in [0, 0.05) is 27.2 Å². The maximum Gasteiger partial charge on any atom is 0.153 e. The van der Waals surface area contributed by atoms with Gasteiger partial charge in [0.25, 0.3) is 0 Å². The molecule has 4 nitrogen and oxygen atoms in total. The Hall–Kier alpha value is -1.16. The summed E-state index contributed by atoms with van der Waals surface area (Å²) in [6.45, 7) is 0. The minimum Gasteiger partial charge on any atom is -0.386 e. The molecule has 1 aromatic rings. The molecular formula is C8H13ClN4. The summed E-state index contributed by atoms with van der Waals surface area (Å²) in [6, 6.07) is 1.77. The van der Waals surface area contributed by atoms with Gasteiger partial charge in [0.05, 0.1) is 5.69 Å². The van der Waals surface area contributed by atoms with E-state index in [0.29, 0.717) is 5.15 Å². The predicted molar refractivity (Wildman–Crippen MR) is 57.9 cm³/mol. The van der Waals surface area contributed by atoms with E-state index in [-0.39, 0.29) is 0 Å². The highest BCUT2D eigenvalue weighted by atomic mass is 35.5. The average molecular weight is 201 g/mol. The lowest BCUT2D eigenvalue weighted by atomic mass is 10.3. The van der Waals surface area contributed by atoms with Gasteiger partial charge in [-0.15, -0.1) is 0 Å². The van der Waals surface area contributed by atoms with Crippen LogP contribution in [0.5, 0.6) is 0 Å². The molecule has 1 aromatic heterocycles. The first-order valence-electron chi connectivity index (χ1n) is 3.96. The number of halogens is 1. The quantitative estimate of drug-likeness (QED) is 0.652. The van der Waals surface area contributed by atoms with Crippen LogP contribution in [-0.2, 0) is 0 Å². The summed E-state index contributed by atoms with van der Waals surface area (Å²) < 4.78 is 0. The van der Waals surface area contributed by atoms with Crippen LogP contribution in [0, 0.1) is 0 Å². The first-order chi connectivity index (χ1) is 6.22. The molecule has 0 atom stereocenters. The number of aromatic nitrogens is 1. The van der Waals surface area contributed by atoms with Crippen molar-refractivity contribution in [2.75, 3.05) is 37.1 Å². The van der Waals surface area contributed by atoms with Crippen LogP contribution in [0.3, 0.4) is 0 Å². The van der Waals surface area contributed by atoms with Gasteiger partial charge >= 0.3 is 0 Å². The number of rotatable bonds is 3. The van der Waals surface area contributed by atoms with Crippen LogP contribution < -0.4 is 16.0 Å². The molecule has 0 fully saturated rings. The monoisotopic (exact) mass is 200 g/mol. The fourth-order valence-electron chi connectivity index (χ4n) is 1.14. The molecule has 5 heteroatoms. The molecule has 3 N–H and O–H groups in total. The molecule has 0 aromatic carbocycles. The van der Waals surface area contributed by atoms with Gasteiger partial charge in [0.15, 0.2) is 5.82 Å². The van der Waals surface area contributed by atoms with Crippen molar-refractivity contribution in [2.24, 2.45) is 0 Å². The van der Waals surface area contributed by atoms with Crippen molar-refractivity contribution in [1.82, 2.24) is 4.98 Å². The van der Waals surface area contributed by atoms with Crippen molar-refractivity contribution in [3.63, 3.8) is 0 Å². The summed E-state index contributed by atoms with van der Waals surface area (Å²) in [5.41, 5.74) is 1.83. The summed E-state index contributed by atoms with van der Waals surface area (Å²) in [5.74, 6) is 0.736. The number of hydrogen-bond acceptors (Lipinski definition) is 4. The zero-order valence-corrected chi connectivity index (χ0v) is 8.66. The Kier molecular flexibility index (Phi) is 3.19. The first kappa shape index (κ1) is 9.92. The zero-order valence-electron chi connectivity index (χ0n) is 7.90. The highest BCUT2D eigenvalue weighted by Gasteiger charge is 2.07. The molecule has 72 valence electrons. The molecule has 1 heterocycles. The van der Waals surface area contributed by atoms with Crippen LogP contribution in [0.1, 0.15) is 0 Å². The maximum atomic E-state index is 5.82. The molecule has 13 heavy (non-hydrogen) atoms. The van der Waals surface area contributed by atoms with Crippen LogP contribution >= 0.6 is 11.6 Å². The van der Waals surface area contributed by atoms with Crippen molar-refractivity contribution in [1.29, 1.82) is 0 Å². The van der Waals surface area contributed by atoms with Gasteiger partial charge in [-0.25, -0.2) is 4.98 Å². The number of anilines is 3. The first-order valence-corrected chi connectivity index (χ1v) is 4.34. The van der Waals surface area contributed by atoms with Crippen molar-refractivity contribution >= 4 is 28.8 Å². The Morgan fingerprint density at radius 2 is 1.85 bits per heavy atom. The Balaban J connectivity index is 3.25. The summed E-state index contributed by atoms with van der Waals surface area (Å²) in [6.07, 6.45) is 0. The Morgan fingerprint density at radius 1 is 1.15 bits per heavy atom. The summed E-state index contributed by atoms with van der Waals surface area (Å²) >= 11 is 5.82. The van der Waals surface area contributed by atoms with E-state index in [1.54, 1.807) is 13.1 Å². The van der Waals surface area contributed by atoms with E-state index < -0.39 is 0 Å². The Bertz CT molecular complexity index is 275. The number of hydrogen-bond donors (Lipinski definition) is 3. The fourth-order valence-corrected chi connectivity index (χ4v) is 1.34. The zero-order chi connectivity index (χ0) is 9.84. The van der Waals surface area contributed by atoms with E-state index in [1.165, 1.54) is 0 Å². The normalized spacial score (nSPS) is 9.54. The highest BCUT2D eigenvalue weighted by Crippen LogP contribution is 2.30. The van der Waals surface area contributed by atoms with Crippen molar-refractivity contribution in [3.05, 3.63) is 11.2 Å². The lowest BCUT2D eigenvalue weighted by Crippen LogP contribution is -2.03. The molecule has 0 aliphatic rings. The minimum absolute atomic E-state index is 0.465. The number of nitrogens with one attached hydrogen (secondary N) is 3. The standard InChI is InChI=1S/C8H13ClN4/c1-10-5-4-6(9)13-8(12-3)7(5)11-2/h4,11H,1-3H3,(H2,10,12,13). The maximum absolute atomic E-state index is 5.82. The van der Waals surface area contributed by atoms with Crippen LogP contribution in [-0.4, -0.2) is 26.1 Å². The van der Waals surface area contributed by atoms with Crippen LogP contribution in [0.4, 0.5) is 17.2 Å². The molecule has 0 aliphatic carbocycles. The third kappa shape index (κ3) is 1.95. The van der Waals surface area contributed by atoms with E-state index in [0.717, 1.165) is 17.2 Å². The van der Waals surface area contributed by atoms with E-state index in [4.69, 9.17) is 11.6 Å². The molecule has 0 amide bonds. The molecule has 0 saturated heterocycles. The lowest BCUT2D eigenvalue weighted by molar-refractivity contribution is 1.27. The van der Waals surface area contributed by atoms with Gasteiger partial charge in [0.1, 0.15) is 10.8 Å². The Morgan fingerprint density at radius 3 is 2.31 bits per heavy atom. The van der Waals surface area contributed by atoms with Crippen molar-refractivity contribution in [2.45, 2.75) is 0 Å². The van der Waals surface area contributed by atoms with Crippen molar-refractivity contribution < 1.29 is 0 Å². The minimum atomic E-state index is 0.465. The summed E-state index contributed by atoms with van der Waals surface area (Å²) in [7, 11) is 5.48. The molecule has 0 saturated carbocycles. The predicted octanol–water partition coefficient (Wildman–Crippen LogP) is 1.86. The third-order valence-corrected chi connectivity index (χ3v) is 1.94. The van der Waals surface area contributed by atoms with Crippen LogP contribution in [0.25, 0.3) is 0 Å². The molecule has 0 radical (unpaired) electrons. The summed E-state index contributed by atoms with van der Waals surface area (Å²) in [4.78, 5) is 4.12. The average Bonchev–Trinajstić information content (AvgIpc) is 2.16. The third-order valence-electron chi connectivity index (χ3n) is 1.74. The van der Waals surface area contributed by atoms with Crippen LogP contribution in [0.2, 0.25) is 5.15 Å². The molecular weight excluding hydrogens is 188 g/mol. The van der Waals surface area contributed by atoms with Crippen molar-refractivity contribution in [3.8, 4) is 0 Å². The lowest BCUT2D eigenvalue weighted by Gasteiger charge is -2.13. The van der Waals surface area contributed by atoms with Gasteiger partial charge in [0.2, 0.25) is 0 Å². The van der Waals surface area contributed by atoms with E-state index >= 15 is 0 Å². The topological polar surface area (TPSA) is 49.0 Å². The smallest absolute Gasteiger partial charge is 0.153 e. The van der Waals surface area contributed by atoms with E-state index in [9.17, 15) is 0 Å². The van der Waals surface area contributed by atoms with Crippen LogP contribution in [0.15, 0.2) is 6.07 Å². The number of nitrogens with zero attached hydrogens (tertiary/aromatic N) is 1. The van der Waals surface area contributed by atoms with Gasteiger partial charge in [-0.3, -0.25) is 0 Å². The highest BCUT2D eigenvalue weighted by molar-refractivity contribution is 6.30. The second kappa shape index (κ2) is 4.18. The van der Waals surface area contributed by atoms with Gasteiger partial charge in [-0.05, 0) is 0 Å². The molecule has 0 bridgehead atoms. The molecule has 0 unspecified atom stereocenters.